The van der Waals surface area contributed by atoms with Crippen molar-refractivity contribution in [2.75, 3.05) is 17.3 Å². The van der Waals surface area contributed by atoms with Crippen molar-refractivity contribution in [2.45, 2.75) is 25.6 Å². The van der Waals surface area contributed by atoms with E-state index in [0.29, 0.717) is 6.42 Å². The summed E-state index contributed by atoms with van der Waals surface area (Å²) in [5, 5.41) is 2.46. The number of carbonyl (C=O) groups excluding carboxylic acids is 1. The Morgan fingerprint density at radius 2 is 2.05 bits per heavy atom. The standard InChI is InChI=1S/C13H17F3N2OS.ClH/c1-8-9(13(14,15)16)4-3-5-11(8)18-12(19)10(17)6-7-20-2;/h3-5,10H,6-7,17H2,1-2H3,(H,18,19);1H/t10-;/m0./s1. The van der Waals surface area contributed by atoms with Gasteiger partial charge in [0.05, 0.1) is 11.6 Å². The Morgan fingerprint density at radius 1 is 1.43 bits per heavy atom. The van der Waals surface area contributed by atoms with Crippen LogP contribution in [-0.4, -0.2) is 24.0 Å². The molecular weight excluding hydrogens is 325 g/mol. The molecule has 0 aliphatic heterocycles. The van der Waals surface area contributed by atoms with Gasteiger partial charge in [0, 0.05) is 5.69 Å². The van der Waals surface area contributed by atoms with Crippen molar-refractivity contribution in [1.29, 1.82) is 0 Å². The first-order valence-electron chi connectivity index (χ1n) is 5.99. The smallest absolute Gasteiger partial charge is 0.324 e. The van der Waals surface area contributed by atoms with Crippen molar-refractivity contribution in [1.82, 2.24) is 0 Å². The van der Waals surface area contributed by atoms with Gasteiger partial charge in [0.2, 0.25) is 5.91 Å². The number of carbonyl (C=O) groups is 1. The monoisotopic (exact) mass is 342 g/mol. The van der Waals surface area contributed by atoms with Gasteiger partial charge in [0.25, 0.3) is 0 Å². The summed E-state index contributed by atoms with van der Waals surface area (Å²) in [4.78, 5) is 11.8. The second-order valence-electron chi connectivity index (χ2n) is 4.35. The number of amides is 1. The van der Waals surface area contributed by atoms with E-state index >= 15 is 0 Å². The molecule has 1 aromatic carbocycles. The molecule has 1 rings (SSSR count). The summed E-state index contributed by atoms with van der Waals surface area (Å²) in [6, 6.07) is 2.96. The molecule has 0 spiro atoms. The molecule has 0 fully saturated rings. The van der Waals surface area contributed by atoms with E-state index in [1.54, 1.807) is 11.8 Å². The molecule has 0 bridgehead atoms. The van der Waals surface area contributed by atoms with E-state index in [4.69, 9.17) is 5.73 Å². The molecule has 0 radical (unpaired) electrons. The molecule has 0 saturated carbocycles. The van der Waals surface area contributed by atoms with Crippen molar-refractivity contribution in [3.63, 3.8) is 0 Å². The van der Waals surface area contributed by atoms with Gasteiger partial charge in [-0.15, -0.1) is 12.4 Å². The minimum atomic E-state index is -4.44. The summed E-state index contributed by atoms with van der Waals surface area (Å²) in [5.74, 6) is 0.248. The minimum Gasteiger partial charge on any atom is -0.324 e. The van der Waals surface area contributed by atoms with E-state index in [1.165, 1.54) is 19.1 Å². The highest BCUT2D eigenvalue weighted by Crippen LogP contribution is 2.34. The van der Waals surface area contributed by atoms with Crippen molar-refractivity contribution in [3.05, 3.63) is 29.3 Å². The summed E-state index contributed by atoms with van der Waals surface area (Å²) in [6.07, 6.45) is -2.07. The zero-order valence-electron chi connectivity index (χ0n) is 11.7. The second-order valence-corrected chi connectivity index (χ2v) is 5.34. The molecule has 0 aliphatic rings. The van der Waals surface area contributed by atoms with E-state index in [-0.39, 0.29) is 23.7 Å². The Hall–Kier alpha value is -0.920. The Balaban J connectivity index is 0.00000400. The lowest BCUT2D eigenvalue weighted by atomic mass is 10.1. The summed E-state index contributed by atoms with van der Waals surface area (Å²) in [7, 11) is 0. The van der Waals surface area contributed by atoms with Gasteiger partial charge in [0.1, 0.15) is 0 Å². The number of thioether (sulfide) groups is 1. The predicted octanol–water partition coefficient (Wildman–Crippen LogP) is 3.45. The van der Waals surface area contributed by atoms with Crippen LogP contribution in [0.1, 0.15) is 17.5 Å². The maximum absolute atomic E-state index is 12.8. The molecule has 1 atom stereocenters. The normalized spacial score (nSPS) is 12.5. The van der Waals surface area contributed by atoms with Gasteiger partial charge in [-0.2, -0.15) is 24.9 Å². The zero-order chi connectivity index (χ0) is 15.3. The molecular formula is C13H18ClF3N2OS. The molecule has 3 N–H and O–H groups in total. The fraction of sp³-hybridized carbons (Fsp3) is 0.462. The first-order valence-corrected chi connectivity index (χ1v) is 7.39. The van der Waals surface area contributed by atoms with Crippen LogP contribution in [0.2, 0.25) is 0 Å². The van der Waals surface area contributed by atoms with Gasteiger partial charge >= 0.3 is 6.18 Å². The fourth-order valence-corrected chi connectivity index (χ4v) is 2.17. The molecule has 3 nitrogen and oxygen atoms in total. The maximum Gasteiger partial charge on any atom is 0.416 e. The molecule has 1 amide bonds. The number of halogens is 4. The number of alkyl halides is 3. The van der Waals surface area contributed by atoms with E-state index in [9.17, 15) is 18.0 Å². The van der Waals surface area contributed by atoms with Crippen LogP contribution in [0.25, 0.3) is 0 Å². The van der Waals surface area contributed by atoms with Crippen molar-refractivity contribution in [2.24, 2.45) is 5.73 Å². The average Bonchev–Trinajstić information content (AvgIpc) is 2.36. The third kappa shape index (κ3) is 5.76. The van der Waals surface area contributed by atoms with Gasteiger partial charge in [-0.25, -0.2) is 0 Å². The molecule has 1 aromatic rings. The first-order chi connectivity index (χ1) is 9.27. The molecule has 0 saturated heterocycles. The lowest BCUT2D eigenvalue weighted by Crippen LogP contribution is -2.36. The number of anilines is 1. The van der Waals surface area contributed by atoms with Crippen LogP contribution in [0.5, 0.6) is 0 Å². The quantitative estimate of drug-likeness (QED) is 0.861. The Bertz CT molecular complexity index is 483. The Kier molecular flexibility index (Phi) is 8.13. The number of hydrogen-bond acceptors (Lipinski definition) is 3. The van der Waals surface area contributed by atoms with Gasteiger partial charge in [-0.3, -0.25) is 4.79 Å². The van der Waals surface area contributed by atoms with E-state index in [0.717, 1.165) is 11.8 Å². The molecule has 21 heavy (non-hydrogen) atoms. The number of rotatable bonds is 5. The summed E-state index contributed by atoms with van der Waals surface area (Å²) < 4.78 is 38.3. The average molecular weight is 343 g/mol. The first kappa shape index (κ1) is 20.1. The van der Waals surface area contributed by atoms with Crippen molar-refractivity contribution in [3.8, 4) is 0 Å². The van der Waals surface area contributed by atoms with Crippen molar-refractivity contribution < 1.29 is 18.0 Å². The largest absolute Gasteiger partial charge is 0.416 e. The molecule has 0 unspecified atom stereocenters. The molecule has 120 valence electrons. The van der Waals surface area contributed by atoms with Crippen LogP contribution < -0.4 is 11.1 Å². The highest BCUT2D eigenvalue weighted by Gasteiger charge is 2.33. The van der Waals surface area contributed by atoms with Crippen LogP contribution in [0.3, 0.4) is 0 Å². The molecule has 0 aliphatic carbocycles. The summed E-state index contributed by atoms with van der Waals surface area (Å²) >= 11 is 1.55. The van der Waals surface area contributed by atoms with E-state index < -0.39 is 23.7 Å². The molecule has 0 heterocycles. The third-order valence-corrected chi connectivity index (χ3v) is 3.51. The van der Waals surface area contributed by atoms with Gasteiger partial charge in [-0.1, -0.05) is 6.07 Å². The topological polar surface area (TPSA) is 55.1 Å². The van der Waals surface area contributed by atoms with Crippen LogP contribution >= 0.6 is 24.2 Å². The highest BCUT2D eigenvalue weighted by atomic mass is 35.5. The number of benzene rings is 1. The lowest BCUT2D eigenvalue weighted by Gasteiger charge is -2.16. The third-order valence-electron chi connectivity index (χ3n) is 2.87. The summed E-state index contributed by atoms with van der Waals surface area (Å²) in [5.41, 5.74) is 5.06. The van der Waals surface area contributed by atoms with E-state index in [2.05, 4.69) is 5.32 Å². The maximum atomic E-state index is 12.8. The van der Waals surface area contributed by atoms with Gasteiger partial charge in [-0.05, 0) is 43.0 Å². The summed E-state index contributed by atoms with van der Waals surface area (Å²) in [6.45, 7) is 1.33. The minimum absolute atomic E-state index is 0. The highest BCUT2D eigenvalue weighted by molar-refractivity contribution is 7.98. The fourth-order valence-electron chi connectivity index (χ4n) is 1.68. The van der Waals surface area contributed by atoms with Crippen molar-refractivity contribution >= 4 is 35.8 Å². The molecule has 8 heteroatoms. The van der Waals surface area contributed by atoms with Gasteiger partial charge < -0.3 is 11.1 Å². The van der Waals surface area contributed by atoms with Crippen LogP contribution in [0.15, 0.2) is 18.2 Å². The lowest BCUT2D eigenvalue weighted by molar-refractivity contribution is -0.138. The Morgan fingerprint density at radius 3 is 2.57 bits per heavy atom. The zero-order valence-corrected chi connectivity index (χ0v) is 13.3. The SMILES string of the molecule is CSCC[C@H](N)C(=O)Nc1cccc(C(F)(F)F)c1C.Cl. The van der Waals surface area contributed by atoms with Gasteiger partial charge in [0.15, 0.2) is 0 Å². The second kappa shape index (κ2) is 8.51. The predicted molar refractivity (Wildman–Crippen MR) is 83.0 cm³/mol. The van der Waals surface area contributed by atoms with Crippen LogP contribution in [-0.2, 0) is 11.0 Å². The number of nitrogens with two attached hydrogens (primary N) is 1. The Labute approximate surface area is 132 Å². The van der Waals surface area contributed by atoms with E-state index in [1.807, 2.05) is 6.26 Å². The van der Waals surface area contributed by atoms with Crippen LogP contribution in [0, 0.1) is 6.92 Å². The molecule has 0 aromatic heterocycles. The number of hydrogen-bond donors (Lipinski definition) is 2. The number of nitrogens with one attached hydrogen (secondary N) is 1. The van der Waals surface area contributed by atoms with Crippen LogP contribution in [0.4, 0.5) is 18.9 Å².